The molecule has 2 aromatic carbocycles. The second kappa shape index (κ2) is 13.4. The van der Waals surface area contributed by atoms with Crippen LogP contribution < -0.4 is 27.6 Å². The average Bonchev–Trinajstić information content (AvgIpc) is 2.84. The molecule has 0 saturated carbocycles. The second-order valence-corrected chi connectivity index (χ2v) is 9.55. The number of fused-ring (bicyclic) bond motifs is 1. The number of benzene rings is 2. The number of aromatic nitrogens is 1. The van der Waals surface area contributed by atoms with Gasteiger partial charge in [0.1, 0.15) is 22.5 Å². The summed E-state index contributed by atoms with van der Waals surface area (Å²) >= 11 is 0. The van der Waals surface area contributed by atoms with Gasteiger partial charge in [-0.15, -0.1) is 0 Å². The number of halogens is 1. The van der Waals surface area contributed by atoms with Crippen molar-refractivity contribution in [2.45, 2.75) is 64.8 Å². The van der Waals surface area contributed by atoms with Crippen LogP contribution in [0.3, 0.4) is 0 Å². The van der Waals surface area contributed by atoms with Gasteiger partial charge in [0.2, 0.25) is 11.2 Å². The zero-order valence-corrected chi connectivity index (χ0v) is 21.3. The molecule has 3 rings (SSSR count). The molecule has 0 aliphatic carbocycles. The van der Waals surface area contributed by atoms with E-state index in [1.165, 1.54) is 51.0 Å². The summed E-state index contributed by atoms with van der Waals surface area (Å²) in [5, 5.41) is 1.08. The fourth-order valence-corrected chi connectivity index (χ4v) is 4.55. The molecule has 3 aromatic rings. The van der Waals surface area contributed by atoms with Gasteiger partial charge in [0.15, 0.2) is 0 Å². The maximum atomic E-state index is 11.1. The Balaban J connectivity index is 1.81. The minimum Gasteiger partial charge on any atom is -0.497 e. The van der Waals surface area contributed by atoms with Gasteiger partial charge in [0.25, 0.3) is 5.75 Å². The van der Waals surface area contributed by atoms with Gasteiger partial charge in [0.05, 0.1) is 12.5 Å². The van der Waals surface area contributed by atoms with E-state index in [4.69, 9.17) is 4.74 Å². The largest absolute Gasteiger partial charge is 0.497 e. The molecule has 0 saturated heterocycles. The summed E-state index contributed by atoms with van der Waals surface area (Å²) in [5.74, 6) is 0.809. The molecule has 7 heteroatoms. The van der Waals surface area contributed by atoms with E-state index in [1.807, 2.05) is 30.3 Å². The molecule has 0 amide bonds. The Morgan fingerprint density at radius 1 is 0.829 bits per heavy atom. The number of pyridine rings is 1. The third-order valence-corrected chi connectivity index (χ3v) is 6.39. The van der Waals surface area contributed by atoms with Gasteiger partial charge in [-0.25, -0.2) is 0 Å². The highest BCUT2D eigenvalue weighted by atomic mass is 35.7. The molecule has 35 heavy (non-hydrogen) atoms. The molecular weight excluding hydrogens is 466 g/mol. The van der Waals surface area contributed by atoms with Gasteiger partial charge in [-0.1, -0.05) is 67.9 Å². The molecule has 0 spiro atoms. The minimum absolute atomic E-state index is 0.000523. The van der Waals surface area contributed by atoms with E-state index in [0.717, 1.165) is 35.3 Å². The molecule has 6 nitrogen and oxygen atoms in total. The number of hydrogen-bond donors (Lipinski definition) is 0. The predicted octanol–water partition coefficient (Wildman–Crippen LogP) is 3.72. The Bertz CT molecular complexity index is 1110. The van der Waals surface area contributed by atoms with Crippen molar-refractivity contribution in [1.82, 2.24) is 0 Å². The molecule has 1 heterocycles. The lowest BCUT2D eigenvalue weighted by atomic mass is 10.1. The van der Waals surface area contributed by atoms with Gasteiger partial charge < -0.3 is 4.74 Å². The van der Waals surface area contributed by atoms with Crippen molar-refractivity contribution in [2.24, 2.45) is 0 Å². The zero-order valence-electron chi connectivity index (χ0n) is 20.6. The lowest BCUT2D eigenvalue weighted by Crippen LogP contribution is -2.63. The molecule has 0 atom stereocenters. The quantitative estimate of drug-likeness (QED) is 0.248. The summed E-state index contributed by atoms with van der Waals surface area (Å²) in [4.78, 5) is 0. The van der Waals surface area contributed by atoms with E-state index in [0.29, 0.717) is 5.56 Å². The first-order valence-corrected chi connectivity index (χ1v) is 13.5. The predicted molar refractivity (Wildman–Crippen MR) is 129 cm³/mol. The van der Waals surface area contributed by atoms with Crippen molar-refractivity contribution >= 4 is 23.1 Å². The molecule has 188 valence electrons. The Kier molecular flexibility index (Phi) is 10.4. The van der Waals surface area contributed by atoms with E-state index in [9.17, 15) is 14.0 Å². The first kappa shape index (κ1) is 27.0. The molecule has 0 unspecified atom stereocenters. The fourth-order valence-electron chi connectivity index (χ4n) is 4.21. The Labute approximate surface area is 210 Å². The van der Waals surface area contributed by atoms with Gasteiger partial charge in [-0.3, -0.25) is 0 Å². The molecule has 0 aliphatic heterocycles. The van der Waals surface area contributed by atoms with Crippen molar-refractivity contribution in [1.29, 1.82) is 0 Å². The van der Waals surface area contributed by atoms with Gasteiger partial charge >= 0.3 is 0 Å². The lowest BCUT2D eigenvalue weighted by molar-refractivity contribution is -1.91. The maximum Gasteiger partial charge on any atom is 0.295 e. The van der Waals surface area contributed by atoms with E-state index in [1.54, 1.807) is 31.4 Å². The molecule has 1 aromatic heterocycles. The van der Waals surface area contributed by atoms with Gasteiger partial charge in [0, 0.05) is 30.2 Å². The molecule has 0 fully saturated rings. The summed E-state index contributed by atoms with van der Waals surface area (Å²) in [6.07, 6.45) is 13.7. The fraction of sp³-hybridized carbons (Fsp3) is 0.393. The highest BCUT2D eigenvalue weighted by Gasteiger charge is 2.22. The third kappa shape index (κ3) is 8.51. The first-order chi connectivity index (χ1) is 16.9. The monoisotopic (exact) mass is 500 g/mol. The standard InChI is InChI=1S/C28H35ClNO5/c1-3-4-5-6-7-8-9-12-21-30-25(18-16-24-22-26(34-2)19-20-27(24)30)17-15-23-13-10-11-14-28(23)35-29(31,32)33/h10-11,13-20,22H,3-9,12,21H2,1-2H3/q+1. The van der Waals surface area contributed by atoms with Crippen LogP contribution >= 0.6 is 0 Å². The number of methoxy groups -OCH3 is 1. The van der Waals surface area contributed by atoms with Crippen molar-refractivity contribution in [3.05, 3.63) is 65.9 Å². The zero-order chi connectivity index (χ0) is 25.1. The van der Waals surface area contributed by atoms with E-state index in [-0.39, 0.29) is 5.75 Å². The highest BCUT2D eigenvalue weighted by molar-refractivity contribution is 5.79. The highest BCUT2D eigenvalue weighted by Crippen LogP contribution is 2.23. The van der Waals surface area contributed by atoms with E-state index < -0.39 is 10.2 Å². The van der Waals surface area contributed by atoms with Crippen LogP contribution in [0.5, 0.6) is 11.5 Å². The maximum absolute atomic E-state index is 11.1. The van der Waals surface area contributed by atoms with Gasteiger partial charge in [-0.05, 0) is 36.8 Å². The molecule has 0 aliphatic rings. The summed E-state index contributed by atoms with van der Waals surface area (Å²) in [6, 6.07) is 16.7. The smallest absolute Gasteiger partial charge is 0.295 e. The van der Waals surface area contributed by atoms with Crippen LogP contribution in [-0.4, -0.2) is 7.11 Å². The van der Waals surface area contributed by atoms with Crippen molar-refractivity contribution in [3.8, 4) is 11.5 Å². The van der Waals surface area contributed by atoms with Crippen LogP contribution in [-0.2, 0) is 6.54 Å². The summed E-state index contributed by atoms with van der Waals surface area (Å²) in [7, 11) is -2.90. The summed E-state index contributed by atoms with van der Waals surface area (Å²) < 4.78 is 45.5. The summed E-state index contributed by atoms with van der Waals surface area (Å²) in [5.41, 5.74) is 2.58. The second-order valence-electron chi connectivity index (χ2n) is 8.64. The minimum atomic E-state index is -4.56. The number of ether oxygens (including phenoxy) is 1. The molecule has 0 N–H and O–H groups in total. The Hall–Kier alpha value is -2.64. The number of aryl methyl sites for hydroxylation is 1. The molecular formula is C28H35ClNO5+. The number of unbranched alkanes of at least 4 members (excludes halogenated alkanes) is 7. The Morgan fingerprint density at radius 2 is 1.54 bits per heavy atom. The number of rotatable bonds is 14. The van der Waals surface area contributed by atoms with Crippen molar-refractivity contribution in [2.75, 3.05) is 7.11 Å². The Morgan fingerprint density at radius 3 is 2.26 bits per heavy atom. The van der Waals surface area contributed by atoms with E-state index >= 15 is 0 Å². The van der Waals surface area contributed by atoms with Crippen LogP contribution in [0.1, 0.15) is 69.5 Å². The van der Waals surface area contributed by atoms with Crippen LogP contribution in [0.2, 0.25) is 0 Å². The lowest BCUT2D eigenvalue weighted by Gasteiger charge is -2.13. The molecule has 0 radical (unpaired) electrons. The third-order valence-electron chi connectivity index (χ3n) is 6.04. The topological polar surface area (TPSA) is 91.5 Å². The van der Waals surface area contributed by atoms with Crippen molar-refractivity contribution in [3.63, 3.8) is 0 Å². The van der Waals surface area contributed by atoms with Gasteiger partial charge in [-0.2, -0.15) is 18.5 Å². The van der Waals surface area contributed by atoms with Crippen LogP contribution in [0.25, 0.3) is 23.1 Å². The number of hydrogen-bond acceptors (Lipinski definition) is 5. The first-order valence-electron chi connectivity index (χ1n) is 12.3. The van der Waals surface area contributed by atoms with E-state index in [2.05, 4.69) is 21.8 Å². The van der Waals surface area contributed by atoms with Crippen LogP contribution in [0.4, 0.5) is 0 Å². The van der Waals surface area contributed by atoms with Crippen LogP contribution in [0.15, 0.2) is 54.6 Å². The summed E-state index contributed by atoms with van der Waals surface area (Å²) in [6.45, 7) is 3.10. The average molecular weight is 501 g/mol. The molecule has 0 bridgehead atoms. The number of para-hydroxylation sites is 1. The number of nitrogens with zero attached hydrogens (tertiary/aromatic N) is 1. The SMILES string of the molecule is CCCCCCCCCC[n+]1c(C=Cc2ccccc2O[Cl+3]([O-])([O-])[O-])ccc2cc(OC)ccc21. The normalized spacial score (nSPS) is 11.9. The van der Waals surface area contributed by atoms with Crippen LogP contribution in [0, 0.1) is 10.2 Å². The van der Waals surface area contributed by atoms with Crippen molar-refractivity contribution < 1.29 is 37.8 Å².